The third-order valence-corrected chi connectivity index (χ3v) is 5.01. The summed E-state index contributed by atoms with van der Waals surface area (Å²) in [5, 5.41) is 12.6. The number of nitriles is 1. The number of benzene rings is 2. The van der Waals surface area contributed by atoms with E-state index in [0.29, 0.717) is 16.6 Å². The molecule has 138 valence electrons. The third kappa shape index (κ3) is 5.60. The number of piperidine rings is 1. The van der Waals surface area contributed by atoms with Gasteiger partial charge in [0.2, 0.25) is 0 Å². The van der Waals surface area contributed by atoms with Crippen molar-refractivity contribution in [2.45, 2.75) is 19.3 Å². The molecule has 2 aromatic carbocycles. The van der Waals surface area contributed by atoms with Gasteiger partial charge in [-0.15, -0.1) is 0 Å². The van der Waals surface area contributed by atoms with Crippen LogP contribution in [0.25, 0.3) is 0 Å². The molecule has 27 heavy (non-hydrogen) atoms. The van der Waals surface area contributed by atoms with Crippen molar-refractivity contribution in [3.05, 3.63) is 77.0 Å². The SMILES string of the molecule is N#C/C(=C/N1CCC(Cc2ccccc2)CC1)C(=O)Nc1cccc(Cl)c1. The summed E-state index contributed by atoms with van der Waals surface area (Å²) in [4.78, 5) is 14.4. The summed E-state index contributed by atoms with van der Waals surface area (Å²) < 4.78 is 0. The predicted molar refractivity (Wildman–Crippen MR) is 108 cm³/mol. The van der Waals surface area contributed by atoms with Gasteiger partial charge in [0.05, 0.1) is 0 Å². The second kappa shape index (κ2) is 9.25. The molecule has 1 amide bonds. The number of rotatable bonds is 5. The molecule has 3 rings (SSSR count). The number of anilines is 1. The molecule has 0 unspecified atom stereocenters. The minimum Gasteiger partial charge on any atom is -0.376 e. The summed E-state index contributed by atoms with van der Waals surface area (Å²) in [7, 11) is 0. The average molecular weight is 380 g/mol. The van der Waals surface area contributed by atoms with Crippen LogP contribution in [0.2, 0.25) is 5.02 Å². The molecule has 0 spiro atoms. The van der Waals surface area contributed by atoms with Gasteiger partial charge in [-0.1, -0.05) is 48.0 Å². The molecule has 0 atom stereocenters. The highest BCUT2D eigenvalue weighted by molar-refractivity contribution is 6.31. The quantitative estimate of drug-likeness (QED) is 0.608. The van der Waals surface area contributed by atoms with Crippen LogP contribution < -0.4 is 5.32 Å². The van der Waals surface area contributed by atoms with Gasteiger partial charge in [0.15, 0.2) is 0 Å². The molecular weight excluding hydrogens is 358 g/mol. The fourth-order valence-electron chi connectivity index (χ4n) is 3.32. The van der Waals surface area contributed by atoms with E-state index in [1.807, 2.05) is 12.1 Å². The molecule has 2 aromatic rings. The number of carbonyl (C=O) groups is 1. The summed E-state index contributed by atoms with van der Waals surface area (Å²) in [5.41, 5.74) is 2.05. The third-order valence-electron chi connectivity index (χ3n) is 4.78. The summed E-state index contributed by atoms with van der Waals surface area (Å²) in [6, 6.07) is 19.4. The first-order chi connectivity index (χ1) is 13.1. The van der Waals surface area contributed by atoms with Gasteiger partial charge in [-0.05, 0) is 48.9 Å². The number of amides is 1. The van der Waals surface area contributed by atoms with E-state index < -0.39 is 5.91 Å². The van der Waals surface area contributed by atoms with Crippen molar-refractivity contribution in [1.82, 2.24) is 4.90 Å². The van der Waals surface area contributed by atoms with Crippen LogP contribution in [0.4, 0.5) is 5.69 Å². The summed E-state index contributed by atoms with van der Waals surface area (Å²) in [6.45, 7) is 1.71. The summed E-state index contributed by atoms with van der Waals surface area (Å²) >= 11 is 5.93. The molecule has 4 nitrogen and oxygen atoms in total. The second-order valence-electron chi connectivity index (χ2n) is 6.79. The molecular formula is C22H22ClN3O. The van der Waals surface area contributed by atoms with Gasteiger partial charge in [-0.2, -0.15) is 5.26 Å². The maximum atomic E-state index is 12.4. The molecule has 1 saturated heterocycles. The van der Waals surface area contributed by atoms with Crippen LogP contribution in [0.15, 0.2) is 66.4 Å². The minimum atomic E-state index is -0.411. The molecule has 1 aliphatic heterocycles. The highest BCUT2D eigenvalue weighted by Gasteiger charge is 2.19. The zero-order valence-corrected chi connectivity index (χ0v) is 15.8. The molecule has 1 fully saturated rings. The number of nitrogens with one attached hydrogen (secondary N) is 1. The number of likely N-dealkylation sites (tertiary alicyclic amines) is 1. The smallest absolute Gasteiger partial charge is 0.267 e. The van der Waals surface area contributed by atoms with Crippen molar-refractivity contribution in [2.24, 2.45) is 5.92 Å². The van der Waals surface area contributed by atoms with Gasteiger partial charge >= 0.3 is 0 Å². The van der Waals surface area contributed by atoms with E-state index in [1.165, 1.54) is 5.56 Å². The maximum absolute atomic E-state index is 12.4. The van der Waals surface area contributed by atoms with E-state index in [1.54, 1.807) is 30.5 Å². The molecule has 5 heteroatoms. The van der Waals surface area contributed by atoms with Crippen molar-refractivity contribution >= 4 is 23.2 Å². The van der Waals surface area contributed by atoms with E-state index >= 15 is 0 Å². The van der Waals surface area contributed by atoms with E-state index in [0.717, 1.165) is 32.4 Å². The van der Waals surface area contributed by atoms with E-state index in [9.17, 15) is 10.1 Å². The fourth-order valence-corrected chi connectivity index (χ4v) is 3.51. The molecule has 0 aromatic heterocycles. The van der Waals surface area contributed by atoms with E-state index in [2.05, 4.69) is 34.5 Å². The predicted octanol–water partition coefficient (Wildman–Crippen LogP) is 4.64. The molecule has 1 aliphatic rings. The Hall–Kier alpha value is -2.77. The molecule has 0 aliphatic carbocycles. The largest absolute Gasteiger partial charge is 0.376 e. The van der Waals surface area contributed by atoms with Crippen molar-refractivity contribution in [2.75, 3.05) is 18.4 Å². The van der Waals surface area contributed by atoms with Gasteiger partial charge < -0.3 is 10.2 Å². The zero-order chi connectivity index (χ0) is 19.1. The van der Waals surface area contributed by atoms with Crippen molar-refractivity contribution in [1.29, 1.82) is 5.26 Å². The van der Waals surface area contributed by atoms with Crippen molar-refractivity contribution in [3.63, 3.8) is 0 Å². The van der Waals surface area contributed by atoms with E-state index in [4.69, 9.17) is 11.6 Å². The van der Waals surface area contributed by atoms with Crippen LogP contribution in [-0.4, -0.2) is 23.9 Å². The first kappa shape index (κ1) is 19.0. The Balaban J connectivity index is 1.55. The topological polar surface area (TPSA) is 56.1 Å². The highest BCUT2D eigenvalue weighted by atomic mass is 35.5. The number of hydrogen-bond acceptors (Lipinski definition) is 3. The number of halogens is 1. The fraction of sp³-hybridized carbons (Fsp3) is 0.273. The Bertz CT molecular complexity index is 849. The lowest BCUT2D eigenvalue weighted by Crippen LogP contribution is -2.31. The normalized spacial score (nSPS) is 15.3. The average Bonchev–Trinajstić information content (AvgIpc) is 2.68. The Labute approximate surface area is 165 Å². The number of hydrogen-bond donors (Lipinski definition) is 1. The Kier molecular flexibility index (Phi) is 6.51. The Morgan fingerprint density at radius 3 is 2.59 bits per heavy atom. The molecule has 1 N–H and O–H groups in total. The van der Waals surface area contributed by atoms with Crippen LogP contribution in [-0.2, 0) is 11.2 Å². The lowest BCUT2D eigenvalue weighted by atomic mass is 9.90. The lowest BCUT2D eigenvalue weighted by molar-refractivity contribution is -0.112. The minimum absolute atomic E-state index is 0.108. The summed E-state index contributed by atoms with van der Waals surface area (Å²) in [5.74, 6) is 0.231. The van der Waals surface area contributed by atoms with Gasteiger partial charge in [0.1, 0.15) is 11.6 Å². The van der Waals surface area contributed by atoms with Gasteiger partial charge in [0.25, 0.3) is 5.91 Å². The second-order valence-corrected chi connectivity index (χ2v) is 7.22. The lowest BCUT2D eigenvalue weighted by Gasteiger charge is -2.31. The molecule has 1 heterocycles. The summed E-state index contributed by atoms with van der Waals surface area (Å²) in [6.07, 6.45) is 4.87. The molecule has 0 saturated carbocycles. The standard InChI is InChI=1S/C22H22ClN3O/c23-20-7-4-8-21(14-20)25-22(27)19(15-24)16-26-11-9-18(10-12-26)13-17-5-2-1-3-6-17/h1-8,14,16,18H,9-13H2,(H,25,27)/b19-16-. The van der Waals surface area contributed by atoms with Gasteiger partial charge in [-0.3, -0.25) is 4.79 Å². The van der Waals surface area contributed by atoms with Crippen LogP contribution in [0.5, 0.6) is 0 Å². The highest BCUT2D eigenvalue weighted by Crippen LogP contribution is 2.22. The van der Waals surface area contributed by atoms with Gasteiger partial charge in [0, 0.05) is 30.0 Å². The zero-order valence-electron chi connectivity index (χ0n) is 15.1. The van der Waals surface area contributed by atoms with Crippen molar-refractivity contribution < 1.29 is 4.79 Å². The van der Waals surface area contributed by atoms with E-state index in [-0.39, 0.29) is 5.57 Å². The van der Waals surface area contributed by atoms with Crippen LogP contribution in [0, 0.1) is 17.2 Å². The van der Waals surface area contributed by atoms with Gasteiger partial charge in [-0.25, -0.2) is 0 Å². The Morgan fingerprint density at radius 1 is 1.19 bits per heavy atom. The first-order valence-corrected chi connectivity index (χ1v) is 9.48. The number of nitrogens with zero attached hydrogens (tertiary/aromatic N) is 2. The Morgan fingerprint density at radius 2 is 1.93 bits per heavy atom. The maximum Gasteiger partial charge on any atom is 0.267 e. The first-order valence-electron chi connectivity index (χ1n) is 9.11. The van der Waals surface area contributed by atoms with Crippen LogP contribution in [0.1, 0.15) is 18.4 Å². The molecule has 0 radical (unpaired) electrons. The van der Waals surface area contributed by atoms with Crippen LogP contribution in [0.3, 0.4) is 0 Å². The monoisotopic (exact) mass is 379 g/mol. The van der Waals surface area contributed by atoms with Crippen molar-refractivity contribution in [3.8, 4) is 6.07 Å². The molecule has 0 bridgehead atoms. The van der Waals surface area contributed by atoms with Crippen LogP contribution >= 0.6 is 11.6 Å². The number of carbonyl (C=O) groups excluding carboxylic acids is 1.